The van der Waals surface area contributed by atoms with Crippen molar-refractivity contribution in [3.63, 3.8) is 0 Å². The fourth-order valence-corrected chi connectivity index (χ4v) is 2.38. The summed E-state index contributed by atoms with van der Waals surface area (Å²) >= 11 is 0. The molecule has 0 spiro atoms. The highest BCUT2D eigenvalue weighted by atomic mass is 16.5. The molecule has 0 amide bonds. The summed E-state index contributed by atoms with van der Waals surface area (Å²) in [6.45, 7) is 1.57. The Balaban J connectivity index is 2.29. The maximum Gasteiger partial charge on any atom is 0.160 e. The van der Waals surface area contributed by atoms with Gasteiger partial charge in [-0.2, -0.15) is 0 Å². The molecule has 1 heterocycles. The Labute approximate surface area is 123 Å². The number of hydrogen-bond acceptors (Lipinski definition) is 3. The van der Waals surface area contributed by atoms with Crippen molar-refractivity contribution in [3.8, 4) is 17.0 Å². The molecule has 104 valence electrons. The molecule has 3 nitrogen and oxygen atoms in total. The van der Waals surface area contributed by atoms with Crippen LogP contribution < -0.4 is 4.74 Å². The molecule has 0 aliphatic heterocycles. The van der Waals surface area contributed by atoms with E-state index in [1.165, 1.54) is 0 Å². The number of ketones is 1. The zero-order valence-electron chi connectivity index (χ0n) is 12.0. The van der Waals surface area contributed by atoms with Gasteiger partial charge in [0.1, 0.15) is 5.75 Å². The van der Waals surface area contributed by atoms with Gasteiger partial charge in [0.2, 0.25) is 0 Å². The van der Waals surface area contributed by atoms with Crippen molar-refractivity contribution in [2.45, 2.75) is 6.92 Å². The van der Waals surface area contributed by atoms with Gasteiger partial charge in [0.05, 0.1) is 18.3 Å². The Bertz CT molecular complexity index is 810. The lowest BCUT2D eigenvalue weighted by Gasteiger charge is -2.09. The topological polar surface area (TPSA) is 39.2 Å². The summed E-state index contributed by atoms with van der Waals surface area (Å²) in [6.07, 6.45) is 0. The molecular formula is C18H15NO2. The zero-order chi connectivity index (χ0) is 14.8. The molecule has 0 bridgehead atoms. The van der Waals surface area contributed by atoms with Crippen molar-refractivity contribution in [3.05, 3.63) is 60.2 Å². The van der Waals surface area contributed by atoms with Crippen LogP contribution in [0.2, 0.25) is 0 Å². The van der Waals surface area contributed by atoms with Crippen LogP contribution in [0.25, 0.3) is 22.2 Å². The molecule has 0 aliphatic carbocycles. The van der Waals surface area contributed by atoms with Crippen molar-refractivity contribution < 1.29 is 9.53 Å². The normalized spacial score (nSPS) is 10.6. The van der Waals surface area contributed by atoms with E-state index in [-0.39, 0.29) is 5.78 Å². The summed E-state index contributed by atoms with van der Waals surface area (Å²) < 4.78 is 5.23. The highest BCUT2D eigenvalue weighted by molar-refractivity contribution is 6.07. The Morgan fingerprint density at radius 1 is 1.05 bits per heavy atom. The molecule has 0 N–H and O–H groups in total. The van der Waals surface area contributed by atoms with Gasteiger partial charge in [-0.3, -0.25) is 4.79 Å². The van der Waals surface area contributed by atoms with Gasteiger partial charge in [0, 0.05) is 16.5 Å². The molecule has 0 unspecified atom stereocenters. The van der Waals surface area contributed by atoms with Crippen LogP contribution in [0.5, 0.6) is 5.75 Å². The van der Waals surface area contributed by atoms with Gasteiger partial charge in [-0.15, -0.1) is 0 Å². The van der Waals surface area contributed by atoms with Crippen LogP contribution in [0.4, 0.5) is 0 Å². The van der Waals surface area contributed by atoms with Gasteiger partial charge in [-0.1, -0.05) is 30.3 Å². The Morgan fingerprint density at radius 3 is 2.48 bits per heavy atom. The van der Waals surface area contributed by atoms with Gasteiger partial charge in [0.25, 0.3) is 0 Å². The van der Waals surface area contributed by atoms with Gasteiger partial charge in [-0.25, -0.2) is 4.98 Å². The minimum atomic E-state index is 0.0211. The third-order valence-electron chi connectivity index (χ3n) is 3.46. The largest absolute Gasteiger partial charge is 0.497 e. The predicted molar refractivity (Wildman–Crippen MR) is 83.7 cm³/mol. The quantitative estimate of drug-likeness (QED) is 0.676. The minimum Gasteiger partial charge on any atom is -0.497 e. The fraction of sp³-hybridized carbons (Fsp3) is 0.111. The number of hydrogen-bond donors (Lipinski definition) is 0. The predicted octanol–water partition coefficient (Wildman–Crippen LogP) is 4.11. The first-order chi connectivity index (χ1) is 10.2. The van der Waals surface area contributed by atoms with E-state index < -0.39 is 0 Å². The van der Waals surface area contributed by atoms with E-state index in [1.54, 1.807) is 14.0 Å². The van der Waals surface area contributed by atoms with Crippen LogP contribution in [0.1, 0.15) is 17.3 Å². The SMILES string of the molecule is COc1ccc2nc(-c3ccccc3)cc(C(C)=O)c2c1. The number of methoxy groups -OCH3 is 1. The number of ether oxygens (including phenoxy) is 1. The number of aromatic nitrogens is 1. The van der Waals surface area contributed by atoms with Crippen molar-refractivity contribution in [1.29, 1.82) is 0 Å². The maximum absolute atomic E-state index is 12.0. The molecular weight excluding hydrogens is 262 g/mol. The molecule has 1 aromatic heterocycles. The summed E-state index contributed by atoms with van der Waals surface area (Å²) in [5, 5.41) is 0.821. The van der Waals surface area contributed by atoms with Crippen molar-refractivity contribution in [2.75, 3.05) is 7.11 Å². The molecule has 3 heteroatoms. The number of carbonyl (C=O) groups excluding carboxylic acids is 1. The summed E-state index contributed by atoms with van der Waals surface area (Å²) in [4.78, 5) is 16.6. The third-order valence-corrected chi connectivity index (χ3v) is 3.46. The van der Waals surface area contributed by atoms with E-state index in [4.69, 9.17) is 4.74 Å². The summed E-state index contributed by atoms with van der Waals surface area (Å²) in [7, 11) is 1.61. The van der Waals surface area contributed by atoms with Gasteiger partial charge in [0.15, 0.2) is 5.78 Å². The Kier molecular flexibility index (Phi) is 3.40. The first-order valence-electron chi connectivity index (χ1n) is 6.74. The second kappa shape index (κ2) is 5.37. The fourth-order valence-electron chi connectivity index (χ4n) is 2.38. The van der Waals surface area contributed by atoms with Gasteiger partial charge < -0.3 is 4.74 Å². The van der Waals surface area contributed by atoms with Crippen LogP contribution >= 0.6 is 0 Å². The molecule has 0 saturated carbocycles. The van der Waals surface area contributed by atoms with Crippen molar-refractivity contribution in [2.24, 2.45) is 0 Å². The van der Waals surface area contributed by atoms with Crippen LogP contribution in [0.3, 0.4) is 0 Å². The third kappa shape index (κ3) is 2.50. The van der Waals surface area contributed by atoms with Crippen LogP contribution in [0, 0.1) is 0 Å². The monoisotopic (exact) mass is 277 g/mol. The first-order valence-corrected chi connectivity index (χ1v) is 6.74. The summed E-state index contributed by atoms with van der Waals surface area (Å²) in [5.74, 6) is 0.743. The second-order valence-corrected chi connectivity index (χ2v) is 4.86. The molecule has 3 rings (SSSR count). The van der Waals surface area contributed by atoms with Crippen molar-refractivity contribution >= 4 is 16.7 Å². The molecule has 0 atom stereocenters. The molecule has 0 fully saturated rings. The number of carbonyl (C=O) groups is 1. The van der Waals surface area contributed by atoms with Gasteiger partial charge in [-0.05, 0) is 31.2 Å². The van der Waals surface area contributed by atoms with Gasteiger partial charge >= 0.3 is 0 Å². The maximum atomic E-state index is 12.0. The molecule has 0 aliphatic rings. The Hall–Kier alpha value is -2.68. The van der Waals surface area contributed by atoms with Crippen LogP contribution in [-0.2, 0) is 0 Å². The van der Waals surface area contributed by atoms with E-state index in [1.807, 2.05) is 54.6 Å². The summed E-state index contributed by atoms with van der Waals surface area (Å²) in [6, 6.07) is 17.3. The number of fused-ring (bicyclic) bond motifs is 1. The minimum absolute atomic E-state index is 0.0211. The smallest absolute Gasteiger partial charge is 0.160 e. The highest BCUT2D eigenvalue weighted by Gasteiger charge is 2.11. The molecule has 2 aromatic carbocycles. The number of Topliss-reactive ketones (excluding diaryl/α,β-unsaturated/α-hetero) is 1. The molecule has 0 saturated heterocycles. The van der Waals surface area contributed by atoms with E-state index >= 15 is 0 Å². The number of benzene rings is 2. The lowest BCUT2D eigenvalue weighted by atomic mass is 10.0. The number of nitrogens with zero attached hydrogens (tertiary/aromatic N) is 1. The van der Waals surface area contributed by atoms with E-state index in [2.05, 4.69) is 4.98 Å². The first kappa shape index (κ1) is 13.3. The lowest BCUT2D eigenvalue weighted by Crippen LogP contribution is -1.98. The molecule has 3 aromatic rings. The van der Waals surface area contributed by atoms with Crippen molar-refractivity contribution in [1.82, 2.24) is 4.98 Å². The Morgan fingerprint density at radius 2 is 1.81 bits per heavy atom. The number of rotatable bonds is 3. The van der Waals surface area contributed by atoms with E-state index in [9.17, 15) is 4.79 Å². The molecule has 21 heavy (non-hydrogen) atoms. The van der Waals surface area contributed by atoms with E-state index in [0.29, 0.717) is 5.56 Å². The number of pyridine rings is 1. The zero-order valence-corrected chi connectivity index (χ0v) is 12.0. The second-order valence-electron chi connectivity index (χ2n) is 4.86. The molecule has 0 radical (unpaired) electrons. The standard InChI is InChI=1S/C18H15NO2/c1-12(20)15-11-18(13-6-4-3-5-7-13)19-17-9-8-14(21-2)10-16(15)17/h3-11H,1-2H3. The average molecular weight is 277 g/mol. The van der Waals surface area contributed by atoms with Crippen LogP contribution in [0.15, 0.2) is 54.6 Å². The average Bonchev–Trinajstić information content (AvgIpc) is 2.54. The lowest BCUT2D eigenvalue weighted by molar-refractivity contribution is 0.101. The summed E-state index contributed by atoms with van der Waals surface area (Å²) in [5.41, 5.74) is 3.26. The highest BCUT2D eigenvalue weighted by Crippen LogP contribution is 2.27. The van der Waals surface area contributed by atoms with E-state index in [0.717, 1.165) is 27.9 Å². The van der Waals surface area contributed by atoms with Crippen LogP contribution in [-0.4, -0.2) is 17.9 Å².